The van der Waals surface area contributed by atoms with Crippen LogP contribution in [0.4, 0.5) is 0 Å². The molecular weight excluding hydrogens is 320 g/mol. The van der Waals surface area contributed by atoms with Crippen molar-refractivity contribution < 1.29 is 4.79 Å². The fourth-order valence-electron chi connectivity index (χ4n) is 3.15. The Morgan fingerprint density at radius 1 is 1.46 bits per heavy atom. The van der Waals surface area contributed by atoms with Crippen LogP contribution >= 0.6 is 11.3 Å². The SMILES string of the molecule is CN1CCC[C@@H](CCNC(=O)Cc2csc(-c3ccccn3)n2)C1. The molecule has 2 aromatic heterocycles. The number of nitrogens with zero attached hydrogens (tertiary/aromatic N) is 3. The van der Waals surface area contributed by atoms with E-state index >= 15 is 0 Å². The fourth-order valence-corrected chi connectivity index (χ4v) is 3.94. The van der Waals surface area contributed by atoms with Gasteiger partial charge in [0, 0.05) is 24.7 Å². The smallest absolute Gasteiger partial charge is 0.226 e. The van der Waals surface area contributed by atoms with Gasteiger partial charge in [-0.15, -0.1) is 11.3 Å². The van der Waals surface area contributed by atoms with Crippen molar-refractivity contribution >= 4 is 17.2 Å². The van der Waals surface area contributed by atoms with Gasteiger partial charge in [-0.3, -0.25) is 9.78 Å². The van der Waals surface area contributed by atoms with Gasteiger partial charge < -0.3 is 10.2 Å². The van der Waals surface area contributed by atoms with Crippen LogP contribution < -0.4 is 5.32 Å². The molecule has 0 saturated carbocycles. The van der Waals surface area contributed by atoms with Crippen molar-refractivity contribution in [1.82, 2.24) is 20.2 Å². The van der Waals surface area contributed by atoms with Crippen LogP contribution in [0.3, 0.4) is 0 Å². The number of hydrogen-bond donors (Lipinski definition) is 1. The molecule has 0 unspecified atom stereocenters. The highest BCUT2D eigenvalue weighted by atomic mass is 32.1. The zero-order valence-corrected chi connectivity index (χ0v) is 14.9. The predicted molar refractivity (Wildman–Crippen MR) is 96.9 cm³/mol. The van der Waals surface area contributed by atoms with E-state index in [-0.39, 0.29) is 5.91 Å². The molecule has 3 rings (SSSR count). The van der Waals surface area contributed by atoms with Crippen molar-refractivity contribution in [3.63, 3.8) is 0 Å². The van der Waals surface area contributed by atoms with Gasteiger partial charge in [0.1, 0.15) is 5.01 Å². The highest BCUT2D eigenvalue weighted by Gasteiger charge is 2.17. The average Bonchev–Trinajstić information content (AvgIpc) is 3.04. The molecule has 2 aromatic rings. The predicted octanol–water partition coefficient (Wildman–Crippen LogP) is 2.60. The molecule has 1 N–H and O–H groups in total. The van der Waals surface area contributed by atoms with Gasteiger partial charge in [0.05, 0.1) is 17.8 Å². The van der Waals surface area contributed by atoms with Crippen molar-refractivity contribution in [2.45, 2.75) is 25.7 Å². The number of likely N-dealkylation sites (tertiary alicyclic amines) is 1. The Morgan fingerprint density at radius 2 is 2.38 bits per heavy atom. The monoisotopic (exact) mass is 344 g/mol. The van der Waals surface area contributed by atoms with Gasteiger partial charge in [0.25, 0.3) is 0 Å². The zero-order chi connectivity index (χ0) is 16.8. The van der Waals surface area contributed by atoms with E-state index in [4.69, 9.17) is 0 Å². The van der Waals surface area contributed by atoms with Crippen molar-refractivity contribution in [2.75, 3.05) is 26.7 Å². The lowest BCUT2D eigenvalue weighted by atomic mass is 9.95. The summed E-state index contributed by atoms with van der Waals surface area (Å²) in [7, 11) is 2.17. The van der Waals surface area contributed by atoms with Crippen LogP contribution in [0.5, 0.6) is 0 Å². The Morgan fingerprint density at radius 3 is 3.17 bits per heavy atom. The Balaban J connectivity index is 1.43. The number of carbonyl (C=O) groups excluding carboxylic acids is 1. The van der Waals surface area contributed by atoms with E-state index in [1.165, 1.54) is 30.7 Å². The average molecular weight is 344 g/mol. The molecule has 1 atom stereocenters. The first-order chi connectivity index (χ1) is 11.7. The number of carbonyl (C=O) groups is 1. The van der Waals surface area contributed by atoms with Crippen molar-refractivity contribution in [3.8, 4) is 10.7 Å². The maximum Gasteiger partial charge on any atom is 0.226 e. The first-order valence-electron chi connectivity index (χ1n) is 8.52. The van der Waals surface area contributed by atoms with Crippen LogP contribution in [0.15, 0.2) is 29.8 Å². The topological polar surface area (TPSA) is 58.1 Å². The molecular formula is C18H24N4OS. The summed E-state index contributed by atoms with van der Waals surface area (Å²) in [5.41, 5.74) is 1.67. The van der Waals surface area contributed by atoms with E-state index in [9.17, 15) is 4.79 Å². The first kappa shape index (κ1) is 17.0. The zero-order valence-electron chi connectivity index (χ0n) is 14.1. The van der Waals surface area contributed by atoms with Gasteiger partial charge in [-0.05, 0) is 50.9 Å². The summed E-state index contributed by atoms with van der Waals surface area (Å²) in [5.74, 6) is 0.760. The molecule has 0 aliphatic carbocycles. The molecule has 3 heterocycles. The number of thiazole rings is 1. The second-order valence-electron chi connectivity index (χ2n) is 6.44. The highest BCUT2D eigenvalue weighted by Crippen LogP contribution is 2.21. The number of amides is 1. The molecule has 1 aliphatic heterocycles. The van der Waals surface area contributed by atoms with E-state index in [0.717, 1.165) is 35.9 Å². The second-order valence-corrected chi connectivity index (χ2v) is 7.30. The highest BCUT2D eigenvalue weighted by molar-refractivity contribution is 7.13. The van der Waals surface area contributed by atoms with Crippen LogP contribution in [-0.4, -0.2) is 47.5 Å². The van der Waals surface area contributed by atoms with E-state index < -0.39 is 0 Å². The largest absolute Gasteiger partial charge is 0.356 e. The number of rotatable bonds is 6. The summed E-state index contributed by atoms with van der Waals surface area (Å²) < 4.78 is 0. The van der Waals surface area contributed by atoms with Gasteiger partial charge >= 0.3 is 0 Å². The summed E-state index contributed by atoms with van der Waals surface area (Å²) in [6.07, 6.45) is 5.70. The van der Waals surface area contributed by atoms with E-state index in [1.807, 2.05) is 23.6 Å². The molecule has 128 valence electrons. The van der Waals surface area contributed by atoms with Gasteiger partial charge in [-0.25, -0.2) is 4.98 Å². The third-order valence-corrected chi connectivity index (χ3v) is 5.29. The molecule has 1 fully saturated rings. The van der Waals surface area contributed by atoms with E-state index in [2.05, 4.69) is 27.2 Å². The van der Waals surface area contributed by atoms with Crippen LogP contribution in [0.2, 0.25) is 0 Å². The molecule has 1 aliphatic rings. The third-order valence-electron chi connectivity index (χ3n) is 4.37. The van der Waals surface area contributed by atoms with Crippen LogP contribution in [0.1, 0.15) is 25.0 Å². The van der Waals surface area contributed by atoms with Gasteiger partial charge in [-0.2, -0.15) is 0 Å². The summed E-state index contributed by atoms with van der Waals surface area (Å²) in [6.45, 7) is 3.11. The number of piperidine rings is 1. The summed E-state index contributed by atoms with van der Waals surface area (Å²) in [6, 6.07) is 5.76. The minimum absolute atomic E-state index is 0.0528. The first-order valence-corrected chi connectivity index (χ1v) is 9.40. The van der Waals surface area contributed by atoms with E-state index in [0.29, 0.717) is 12.3 Å². The summed E-state index contributed by atoms with van der Waals surface area (Å²) >= 11 is 1.53. The van der Waals surface area contributed by atoms with Crippen molar-refractivity contribution in [3.05, 3.63) is 35.5 Å². The minimum Gasteiger partial charge on any atom is -0.356 e. The number of aromatic nitrogens is 2. The standard InChI is InChI=1S/C18H24N4OS/c1-22-10-4-5-14(12-22)7-9-20-17(23)11-15-13-24-18(21-15)16-6-2-3-8-19-16/h2-3,6,8,13-14H,4-5,7,9-12H2,1H3,(H,20,23)/t14-/m0/s1. The lowest BCUT2D eigenvalue weighted by Gasteiger charge is -2.29. The van der Waals surface area contributed by atoms with E-state index in [1.54, 1.807) is 6.20 Å². The molecule has 24 heavy (non-hydrogen) atoms. The Labute approximate surface area is 147 Å². The maximum atomic E-state index is 12.1. The molecule has 1 saturated heterocycles. The number of hydrogen-bond acceptors (Lipinski definition) is 5. The minimum atomic E-state index is 0.0528. The third kappa shape index (κ3) is 4.85. The molecule has 0 bridgehead atoms. The summed E-state index contributed by atoms with van der Waals surface area (Å²) in [5, 5.41) is 5.84. The van der Waals surface area contributed by atoms with Crippen molar-refractivity contribution in [1.29, 1.82) is 0 Å². The summed E-state index contributed by atoms with van der Waals surface area (Å²) in [4.78, 5) is 23.3. The number of pyridine rings is 1. The van der Waals surface area contributed by atoms with Gasteiger partial charge in [0.2, 0.25) is 5.91 Å². The second kappa shape index (κ2) is 8.35. The quantitative estimate of drug-likeness (QED) is 0.875. The normalized spacial score (nSPS) is 18.5. The fraction of sp³-hybridized carbons (Fsp3) is 0.500. The molecule has 0 radical (unpaired) electrons. The van der Waals surface area contributed by atoms with Gasteiger partial charge in [0.15, 0.2) is 0 Å². The Kier molecular flexibility index (Phi) is 5.93. The maximum absolute atomic E-state index is 12.1. The molecule has 5 nitrogen and oxygen atoms in total. The van der Waals surface area contributed by atoms with Crippen LogP contribution in [0.25, 0.3) is 10.7 Å². The lowest BCUT2D eigenvalue weighted by molar-refractivity contribution is -0.120. The van der Waals surface area contributed by atoms with Gasteiger partial charge in [-0.1, -0.05) is 6.07 Å². The molecule has 0 aromatic carbocycles. The lowest BCUT2D eigenvalue weighted by Crippen LogP contribution is -2.34. The Hall–Kier alpha value is -1.79. The molecule has 0 spiro atoms. The number of nitrogens with one attached hydrogen (secondary N) is 1. The molecule has 1 amide bonds. The molecule has 6 heteroatoms. The Bertz CT molecular complexity index is 658. The van der Waals surface area contributed by atoms with Crippen LogP contribution in [-0.2, 0) is 11.2 Å². The van der Waals surface area contributed by atoms with Crippen molar-refractivity contribution in [2.24, 2.45) is 5.92 Å². The van der Waals surface area contributed by atoms with Crippen LogP contribution in [0, 0.1) is 5.92 Å².